The molecule has 0 aromatic heterocycles. The van der Waals surface area contributed by atoms with Crippen molar-refractivity contribution in [3.63, 3.8) is 0 Å². The second-order valence-corrected chi connectivity index (χ2v) is 7.61. The number of nitrogens with zero attached hydrogens (tertiary/aromatic N) is 2. The minimum Gasteiger partial charge on any atom is -0.478 e. The molecule has 4 aromatic rings. The van der Waals surface area contributed by atoms with Gasteiger partial charge in [-0.25, -0.2) is 9.59 Å². The van der Waals surface area contributed by atoms with E-state index in [9.17, 15) is 39.7 Å². The first kappa shape index (κ1) is 26.7. The summed E-state index contributed by atoms with van der Waals surface area (Å²) in [6.07, 6.45) is 0. The van der Waals surface area contributed by atoms with E-state index in [-0.39, 0.29) is 33.9 Å². The largest absolute Gasteiger partial charge is 0.478 e. The molecule has 4 aromatic carbocycles. The Morgan fingerprint density at radius 3 is 1.87 bits per heavy atom. The number of anilines is 2. The van der Waals surface area contributed by atoms with E-state index in [1.807, 2.05) is 18.2 Å². The lowest BCUT2D eigenvalue weighted by atomic mass is 10.0. The Balaban J connectivity index is 0.000000260. The highest BCUT2D eigenvalue weighted by atomic mass is 16.6. The lowest BCUT2D eigenvalue weighted by Gasteiger charge is -2.10. The summed E-state index contributed by atoms with van der Waals surface area (Å²) < 4.78 is 0. The van der Waals surface area contributed by atoms with Gasteiger partial charge in [0.25, 0.3) is 17.3 Å². The molecule has 38 heavy (non-hydrogen) atoms. The first-order valence-electron chi connectivity index (χ1n) is 10.6. The van der Waals surface area contributed by atoms with Crippen molar-refractivity contribution >= 4 is 51.4 Å². The van der Waals surface area contributed by atoms with Crippen LogP contribution in [0, 0.1) is 20.2 Å². The molecule has 0 heterocycles. The number of aromatic carboxylic acids is 2. The fraction of sp³-hybridized carbons (Fsp3) is 0. The van der Waals surface area contributed by atoms with Crippen LogP contribution in [0.15, 0.2) is 78.9 Å². The van der Waals surface area contributed by atoms with E-state index >= 15 is 0 Å². The molecule has 192 valence electrons. The summed E-state index contributed by atoms with van der Waals surface area (Å²) in [5.41, 5.74) is 4.43. The van der Waals surface area contributed by atoms with Gasteiger partial charge in [0.2, 0.25) is 0 Å². The predicted octanol–water partition coefficient (Wildman–Crippen LogP) is 4.57. The Hall–Kier alpha value is -5.85. The van der Waals surface area contributed by atoms with Crippen LogP contribution in [-0.4, -0.2) is 37.9 Å². The first-order valence-corrected chi connectivity index (χ1v) is 10.6. The Morgan fingerprint density at radius 2 is 1.26 bits per heavy atom. The smallest absolute Gasteiger partial charge is 0.338 e. The maximum absolute atomic E-state index is 12.6. The van der Waals surface area contributed by atoms with Crippen molar-refractivity contribution in [2.45, 2.75) is 0 Å². The SMILES string of the molecule is Nc1ccc([N+](=O)[O-])cc1C(=O)O.O=C(O)c1cc([N+](=O)[O-])ccc1NC(=O)c1cccc2ccccc12. The van der Waals surface area contributed by atoms with Gasteiger partial charge in [-0.05, 0) is 29.0 Å². The standard InChI is InChI=1S/C18H12N2O5.C7H6N2O4/c21-17(14-7-3-5-11-4-1-2-6-13(11)14)19-16-9-8-12(20(24)25)10-15(16)18(22)23;8-6-2-1-4(9(12)13)3-5(6)7(10)11/h1-10H,(H,19,21)(H,22,23);1-3H,8H2,(H,10,11). The molecule has 1 amide bonds. The maximum atomic E-state index is 12.6. The fourth-order valence-electron chi connectivity index (χ4n) is 3.39. The number of carboxylic acids is 2. The average Bonchev–Trinajstić information content (AvgIpc) is 2.88. The molecule has 0 radical (unpaired) electrons. The lowest BCUT2D eigenvalue weighted by Crippen LogP contribution is -2.15. The second-order valence-electron chi connectivity index (χ2n) is 7.61. The predicted molar refractivity (Wildman–Crippen MR) is 136 cm³/mol. The van der Waals surface area contributed by atoms with Crippen LogP contribution in [0.2, 0.25) is 0 Å². The van der Waals surface area contributed by atoms with Gasteiger partial charge in [0.05, 0.1) is 26.7 Å². The maximum Gasteiger partial charge on any atom is 0.338 e. The Bertz CT molecular complexity index is 1600. The van der Waals surface area contributed by atoms with Gasteiger partial charge >= 0.3 is 11.9 Å². The van der Waals surface area contributed by atoms with Gasteiger partial charge in [-0.15, -0.1) is 0 Å². The molecule has 0 saturated carbocycles. The number of fused-ring (bicyclic) bond motifs is 1. The molecule has 13 nitrogen and oxygen atoms in total. The highest BCUT2D eigenvalue weighted by Gasteiger charge is 2.19. The Kier molecular flexibility index (Phi) is 7.93. The molecule has 0 aliphatic carbocycles. The molecule has 0 unspecified atom stereocenters. The number of carboxylic acid groups (broad SMARTS) is 2. The van der Waals surface area contributed by atoms with Gasteiger partial charge in [-0.3, -0.25) is 25.0 Å². The molecular weight excluding hydrogens is 500 g/mol. The van der Waals surface area contributed by atoms with Gasteiger partial charge in [-0.2, -0.15) is 0 Å². The number of nitro groups is 2. The van der Waals surface area contributed by atoms with E-state index in [2.05, 4.69) is 5.32 Å². The number of nitrogens with one attached hydrogen (secondary N) is 1. The molecule has 5 N–H and O–H groups in total. The molecule has 0 bridgehead atoms. The second kappa shape index (κ2) is 11.3. The van der Waals surface area contributed by atoms with Crippen molar-refractivity contribution in [3.05, 3.63) is 116 Å². The number of hydrogen-bond donors (Lipinski definition) is 4. The van der Waals surface area contributed by atoms with E-state index in [0.717, 1.165) is 35.0 Å². The molecule has 0 aliphatic heterocycles. The fourth-order valence-corrected chi connectivity index (χ4v) is 3.39. The van der Waals surface area contributed by atoms with Crippen molar-refractivity contribution in [1.82, 2.24) is 0 Å². The van der Waals surface area contributed by atoms with Crippen LogP contribution >= 0.6 is 0 Å². The summed E-state index contributed by atoms with van der Waals surface area (Å²) in [4.78, 5) is 54.1. The highest BCUT2D eigenvalue weighted by molar-refractivity contribution is 6.14. The summed E-state index contributed by atoms with van der Waals surface area (Å²) in [7, 11) is 0. The number of nitrogen functional groups attached to an aromatic ring is 1. The topological polar surface area (TPSA) is 216 Å². The lowest BCUT2D eigenvalue weighted by molar-refractivity contribution is -0.385. The normalized spacial score (nSPS) is 10.1. The quantitative estimate of drug-likeness (QED) is 0.158. The van der Waals surface area contributed by atoms with E-state index in [4.69, 9.17) is 10.8 Å². The molecule has 0 fully saturated rings. The van der Waals surface area contributed by atoms with Crippen LogP contribution in [0.5, 0.6) is 0 Å². The average molecular weight is 518 g/mol. The minimum absolute atomic E-state index is 0.00367. The number of benzene rings is 4. The molecule has 4 rings (SSSR count). The highest BCUT2D eigenvalue weighted by Crippen LogP contribution is 2.25. The monoisotopic (exact) mass is 518 g/mol. The molecule has 13 heteroatoms. The van der Waals surface area contributed by atoms with Crippen LogP contribution < -0.4 is 11.1 Å². The van der Waals surface area contributed by atoms with E-state index in [1.54, 1.807) is 24.3 Å². The van der Waals surface area contributed by atoms with Crippen LogP contribution in [0.25, 0.3) is 10.8 Å². The summed E-state index contributed by atoms with van der Waals surface area (Å²) in [6, 6.07) is 19.1. The van der Waals surface area contributed by atoms with Crippen molar-refractivity contribution in [2.24, 2.45) is 0 Å². The summed E-state index contributed by atoms with van der Waals surface area (Å²) in [6.45, 7) is 0. The van der Waals surface area contributed by atoms with Gasteiger partial charge in [0.1, 0.15) is 0 Å². The van der Waals surface area contributed by atoms with Gasteiger partial charge in [0, 0.05) is 35.5 Å². The number of amides is 1. The van der Waals surface area contributed by atoms with Crippen LogP contribution in [-0.2, 0) is 0 Å². The van der Waals surface area contributed by atoms with Gasteiger partial charge < -0.3 is 21.3 Å². The van der Waals surface area contributed by atoms with Crippen molar-refractivity contribution in [2.75, 3.05) is 11.1 Å². The summed E-state index contributed by atoms with van der Waals surface area (Å²) in [5, 5.41) is 43.0. The van der Waals surface area contributed by atoms with Crippen molar-refractivity contribution in [3.8, 4) is 0 Å². The van der Waals surface area contributed by atoms with E-state index in [0.29, 0.717) is 5.56 Å². The number of hydrogen-bond acceptors (Lipinski definition) is 8. The van der Waals surface area contributed by atoms with Crippen molar-refractivity contribution < 1.29 is 34.4 Å². The number of non-ortho nitro benzene ring substituents is 2. The number of carbonyl (C=O) groups excluding carboxylic acids is 1. The zero-order valence-corrected chi connectivity index (χ0v) is 19.2. The third kappa shape index (κ3) is 6.04. The van der Waals surface area contributed by atoms with Crippen LogP contribution in [0.4, 0.5) is 22.7 Å². The minimum atomic E-state index is -1.36. The van der Waals surface area contributed by atoms with Crippen LogP contribution in [0.3, 0.4) is 0 Å². The Morgan fingerprint density at radius 1 is 0.711 bits per heavy atom. The first-order chi connectivity index (χ1) is 18.0. The Labute approximate surface area is 213 Å². The summed E-state index contributed by atoms with van der Waals surface area (Å²) >= 11 is 0. The third-order valence-electron chi connectivity index (χ3n) is 5.20. The summed E-state index contributed by atoms with van der Waals surface area (Å²) in [5.74, 6) is -3.13. The molecule has 0 saturated heterocycles. The molecule has 0 spiro atoms. The van der Waals surface area contributed by atoms with Gasteiger partial charge in [0.15, 0.2) is 0 Å². The number of nitrogens with two attached hydrogens (primary N) is 1. The van der Waals surface area contributed by atoms with E-state index in [1.165, 1.54) is 12.1 Å². The van der Waals surface area contributed by atoms with E-state index < -0.39 is 27.7 Å². The zero-order valence-electron chi connectivity index (χ0n) is 19.2. The number of nitro benzene ring substituents is 2. The number of rotatable bonds is 6. The molecule has 0 aliphatic rings. The van der Waals surface area contributed by atoms with Crippen molar-refractivity contribution in [1.29, 1.82) is 0 Å². The van der Waals surface area contributed by atoms with Gasteiger partial charge in [-0.1, -0.05) is 36.4 Å². The number of carbonyl (C=O) groups is 3. The van der Waals surface area contributed by atoms with Crippen LogP contribution in [0.1, 0.15) is 31.1 Å². The molecular formula is C25H18N4O9. The zero-order chi connectivity index (χ0) is 28.0. The third-order valence-corrected chi connectivity index (χ3v) is 5.20. The molecule has 0 atom stereocenters.